The monoisotopic (exact) mass is 254 g/mol. The van der Waals surface area contributed by atoms with Crippen molar-refractivity contribution in [1.82, 2.24) is 4.90 Å². The normalized spacial score (nSPS) is 29.5. The van der Waals surface area contributed by atoms with Crippen LogP contribution < -0.4 is 5.73 Å². The lowest BCUT2D eigenvalue weighted by atomic mass is 9.69. The van der Waals surface area contributed by atoms with Crippen LogP contribution in [0.1, 0.15) is 60.3 Å². The third-order valence-electron chi connectivity index (χ3n) is 4.49. The summed E-state index contributed by atoms with van der Waals surface area (Å²) >= 11 is 0. The van der Waals surface area contributed by atoms with E-state index in [1.165, 1.54) is 38.8 Å². The fourth-order valence-corrected chi connectivity index (χ4v) is 3.52. The van der Waals surface area contributed by atoms with Crippen molar-refractivity contribution in [2.45, 2.75) is 66.3 Å². The molecule has 1 aliphatic rings. The molecule has 2 unspecified atom stereocenters. The van der Waals surface area contributed by atoms with Crippen LogP contribution in [0.25, 0.3) is 0 Å². The van der Waals surface area contributed by atoms with Gasteiger partial charge >= 0.3 is 0 Å². The molecule has 1 fully saturated rings. The van der Waals surface area contributed by atoms with E-state index >= 15 is 0 Å². The fourth-order valence-electron chi connectivity index (χ4n) is 3.52. The summed E-state index contributed by atoms with van der Waals surface area (Å²) in [5, 5.41) is 0. The topological polar surface area (TPSA) is 29.3 Å². The van der Waals surface area contributed by atoms with Crippen molar-refractivity contribution in [3.63, 3.8) is 0 Å². The summed E-state index contributed by atoms with van der Waals surface area (Å²) in [5.41, 5.74) is 6.54. The van der Waals surface area contributed by atoms with E-state index in [0.29, 0.717) is 11.5 Å². The number of hydrogen-bond donors (Lipinski definition) is 1. The maximum atomic E-state index is 6.15. The van der Waals surface area contributed by atoms with Crippen LogP contribution in [0.2, 0.25) is 0 Å². The predicted molar refractivity (Wildman–Crippen MR) is 80.7 cm³/mol. The van der Waals surface area contributed by atoms with Crippen molar-refractivity contribution >= 4 is 0 Å². The minimum atomic E-state index is 0.386. The summed E-state index contributed by atoms with van der Waals surface area (Å²) in [6.07, 6.45) is 5.42. The molecule has 0 aliphatic heterocycles. The van der Waals surface area contributed by atoms with Crippen LogP contribution in [0.5, 0.6) is 0 Å². The molecule has 0 aromatic rings. The van der Waals surface area contributed by atoms with E-state index in [2.05, 4.69) is 39.5 Å². The molecule has 0 spiro atoms. The second-order valence-corrected chi connectivity index (χ2v) is 7.32. The molecule has 2 atom stereocenters. The van der Waals surface area contributed by atoms with Gasteiger partial charge in [0.05, 0.1) is 0 Å². The van der Waals surface area contributed by atoms with Gasteiger partial charge in [-0.2, -0.15) is 0 Å². The first-order valence-corrected chi connectivity index (χ1v) is 7.82. The van der Waals surface area contributed by atoms with Crippen LogP contribution in [0.4, 0.5) is 0 Å². The molecule has 0 aromatic heterocycles. The van der Waals surface area contributed by atoms with Crippen LogP contribution >= 0.6 is 0 Å². The third kappa shape index (κ3) is 4.55. The zero-order chi connectivity index (χ0) is 13.8. The zero-order valence-electron chi connectivity index (χ0n) is 13.2. The highest BCUT2D eigenvalue weighted by Gasteiger charge is 2.35. The van der Waals surface area contributed by atoms with Gasteiger partial charge in [-0.05, 0) is 50.5 Å². The Hall–Kier alpha value is -0.0800. The quantitative estimate of drug-likeness (QED) is 0.786. The molecule has 2 heteroatoms. The van der Waals surface area contributed by atoms with Gasteiger partial charge in [0, 0.05) is 19.1 Å². The summed E-state index contributed by atoms with van der Waals surface area (Å²) < 4.78 is 0. The van der Waals surface area contributed by atoms with Gasteiger partial charge in [-0.1, -0.05) is 33.6 Å². The Morgan fingerprint density at radius 2 is 1.94 bits per heavy atom. The smallest absolute Gasteiger partial charge is 0.00530 e. The van der Waals surface area contributed by atoms with Crippen LogP contribution in [-0.2, 0) is 0 Å². The molecular formula is C16H34N2. The minimum absolute atomic E-state index is 0.386. The second kappa shape index (κ2) is 6.91. The van der Waals surface area contributed by atoms with Crippen molar-refractivity contribution in [1.29, 1.82) is 0 Å². The standard InChI is InChI=1S/C16H34N2/c1-13(2)10-18(14(3)4)12-16(11-17)8-6-7-15(5)9-16/h13-15H,6-12,17H2,1-5H3. The first-order valence-electron chi connectivity index (χ1n) is 7.82. The van der Waals surface area contributed by atoms with Crippen LogP contribution in [0.15, 0.2) is 0 Å². The van der Waals surface area contributed by atoms with Crippen LogP contribution in [0, 0.1) is 17.3 Å². The lowest BCUT2D eigenvalue weighted by Gasteiger charge is -2.44. The number of hydrogen-bond acceptors (Lipinski definition) is 2. The maximum Gasteiger partial charge on any atom is 0.00530 e. The Bertz CT molecular complexity index is 237. The van der Waals surface area contributed by atoms with Crippen molar-refractivity contribution in [3.8, 4) is 0 Å². The van der Waals surface area contributed by atoms with Crippen molar-refractivity contribution in [3.05, 3.63) is 0 Å². The van der Waals surface area contributed by atoms with Crippen molar-refractivity contribution < 1.29 is 0 Å². The maximum absolute atomic E-state index is 6.15. The highest BCUT2D eigenvalue weighted by molar-refractivity contribution is 4.89. The van der Waals surface area contributed by atoms with E-state index in [1.54, 1.807) is 0 Å². The lowest BCUT2D eigenvalue weighted by Crippen LogP contribution is -2.48. The summed E-state index contributed by atoms with van der Waals surface area (Å²) in [5.74, 6) is 1.60. The van der Waals surface area contributed by atoms with Gasteiger partial charge in [0.25, 0.3) is 0 Å². The van der Waals surface area contributed by atoms with Gasteiger partial charge in [-0.25, -0.2) is 0 Å². The molecule has 2 N–H and O–H groups in total. The minimum Gasteiger partial charge on any atom is -0.330 e. The van der Waals surface area contributed by atoms with Gasteiger partial charge < -0.3 is 10.6 Å². The number of nitrogens with zero attached hydrogens (tertiary/aromatic N) is 1. The summed E-state index contributed by atoms with van der Waals surface area (Å²) in [6.45, 7) is 14.9. The summed E-state index contributed by atoms with van der Waals surface area (Å²) in [7, 11) is 0. The molecule has 1 rings (SSSR count). The Kier molecular flexibility index (Phi) is 6.13. The summed E-state index contributed by atoms with van der Waals surface area (Å²) in [4.78, 5) is 2.65. The molecule has 0 amide bonds. The Morgan fingerprint density at radius 3 is 2.39 bits per heavy atom. The van der Waals surface area contributed by atoms with Gasteiger partial charge in [-0.3, -0.25) is 0 Å². The number of nitrogens with two attached hydrogens (primary N) is 1. The molecule has 1 aliphatic carbocycles. The lowest BCUT2D eigenvalue weighted by molar-refractivity contribution is 0.0652. The van der Waals surface area contributed by atoms with E-state index in [4.69, 9.17) is 5.73 Å². The highest BCUT2D eigenvalue weighted by Crippen LogP contribution is 2.39. The number of rotatable bonds is 6. The Balaban J connectivity index is 2.68. The Morgan fingerprint density at radius 1 is 1.28 bits per heavy atom. The molecule has 2 nitrogen and oxygen atoms in total. The van der Waals surface area contributed by atoms with E-state index in [0.717, 1.165) is 18.4 Å². The molecule has 0 bridgehead atoms. The SMILES string of the molecule is CC(C)CN(CC1(CN)CCCC(C)C1)C(C)C. The van der Waals surface area contributed by atoms with E-state index < -0.39 is 0 Å². The average molecular weight is 254 g/mol. The van der Waals surface area contributed by atoms with Crippen molar-refractivity contribution in [2.75, 3.05) is 19.6 Å². The molecule has 0 aromatic carbocycles. The third-order valence-corrected chi connectivity index (χ3v) is 4.49. The molecule has 18 heavy (non-hydrogen) atoms. The van der Waals surface area contributed by atoms with Crippen molar-refractivity contribution in [2.24, 2.45) is 23.0 Å². The van der Waals surface area contributed by atoms with Gasteiger partial charge in [0.15, 0.2) is 0 Å². The molecule has 1 saturated carbocycles. The molecular weight excluding hydrogens is 220 g/mol. The van der Waals surface area contributed by atoms with Gasteiger partial charge in [0.1, 0.15) is 0 Å². The summed E-state index contributed by atoms with van der Waals surface area (Å²) in [6, 6.07) is 0.632. The molecule has 0 radical (unpaired) electrons. The van der Waals surface area contributed by atoms with Crippen LogP contribution in [0.3, 0.4) is 0 Å². The molecule has 108 valence electrons. The first kappa shape index (κ1) is 16.0. The van der Waals surface area contributed by atoms with E-state index in [9.17, 15) is 0 Å². The predicted octanol–water partition coefficient (Wildman–Crippen LogP) is 3.51. The fraction of sp³-hybridized carbons (Fsp3) is 1.00. The second-order valence-electron chi connectivity index (χ2n) is 7.32. The van der Waals surface area contributed by atoms with E-state index in [1.807, 2.05) is 0 Å². The van der Waals surface area contributed by atoms with Gasteiger partial charge in [-0.15, -0.1) is 0 Å². The zero-order valence-corrected chi connectivity index (χ0v) is 13.2. The van der Waals surface area contributed by atoms with Gasteiger partial charge in [0.2, 0.25) is 0 Å². The molecule has 0 saturated heterocycles. The Labute approximate surface area is 114 Å². The molecule has 0 heterocycles. The average Bonchev–Trinajstić information content (AvgIpc) is 2.27. The highest BCUT2D eigenvalue weighted by atomic mass is 15.2. The van der Waals surface area contributed by atoms with E-state index in [-0.39, 0.29) is 0 Å². The first-order chi connectivity index (χ1) is 8.38. The van der Waals surface area contributed by atoms with Crippen LogP contribution in [-0.4, -0.2) is 30.6 Å². The largest absolute Gasteiger partial charge is 0.330 e.